The summed E-state index contributed by atoms with van der Waals surface area (Å²) in [5, 5.41) is 3.84. The number of amides is 2. The highest BCUT2D eigenvalue weighted by molar-refractivity contribution is 6.46. The molecule has 166 valence electrons. The van der Waals surface area contributed by atoms with Gasteiger partial charge in [-0.2, -0.15) is 0 Å². The topological polar surface area (TPSA) is 52.7 Å². The monoisotopic (exact) mass is 457 g/mol. The molecule has 0 bridgehead atoms. The zero-order chi connectivity index (χ0) is 22.9. The van der Waals surface area contributed by atoms with Crippen molar-refractivity contribution in [3.05, 3.63) is 94.6 Å². The van der Waals surface area contributed by atoms with Gasteiger partial charge < -0.3 is 10.2 Å². The Balaban J connectivity index is 1.52. The number of aryl methyl sites for hydroxylation is 1. The van der Waals surface area contributed by atoms with Crippen LogP contribution in [0.4, 0.5) is 17.1 Å². The molecule has 0 atom stereocenters. The minimum Gasteiger partial charge on any atom is -0.372 e. The summed E-state index contributed by atoms with van der Waals surface area (Å²) in [5.74, 6) is -0.712. The standard InChI is InChI=1S/C27H24ClN3O2/c1-18-17-20(28)9-14-23(18)29-25-24(19-7-3-2-4-8-19)26(32)31(27(25)33)22-12-10-21(11-13-22)30-15-5-6-16-30/h2-4,7-14,17,29H,5-6,15-16H2,1H3. The van der Waals surface area contributed by atoms with Crippen LogP contribution in [0.2, 0.25) is 5.02 Å². The largest absolute Gasteiger partial charge is 0.372 e. The average molecular weight is 458 g/mol. The quantitative estimate of drug-likeness (QED) is 0.503. The number of nitrogens with zero attached hydrogens (tertiary/aromatic N) is 2. The molecule has 1 saturated heterocycles. The summed E-state index contributed by atoms with van der Waals surface area (Å²) >= 11 is 6.10. The van der Waals surface area contributed by atoms with Gasteiger partial charge in [0.25, 0.3) is 11.8 Å². The molecule has 0 aromatic heterocycles. The number of rotatable bonds is 5. The predicted octanol–water partition coefficient (Wildman–Crippen LogP) is 5.65. The Morgan fingerprint density at radius 3 is 2.15 bits per heavy atom. The number of carbonyl (C=O) groups excluding carboxylic acids is 2. The molecule has 2 aliphatic rings. The fraction of sp³-hybridized carbons (Fsp3) is 0.185. The highest BCUT2D eigenvalue weighted by Crippen LogP contribution is 2.35. The molecule has 33 heavy (non-hydrogen) atoms. The molecule has 0 aliphatic carbocycles. The van der Waals surface area contributed by atoms with Crippen molar-refractivity contribution in [2.24, 2.45) is 0 Å². The van der Waals surface area contributed by atoms with Gasteiger partial charge in [0.2, 0.25) is 0 Å². The Bertz CT molecular complexity index is 1250. The maximum atomic E-state index is 13.6. The van der Waals surface area contributed by atoms with E-state index in [0.29, 0.717) is 21.8 Å². The Labute approximate surface area is 198 Å². The van der Waals surface area contributed by atoms with E-state index in [0.717, 1.165) is 30.0 Å². The molecule has 2 amide bonds. The molecule has 5 nitrogen and oxygen atoms in total. The van der Waals surface area contributed by atoms with Crippen LogP contribution >= 0.6 is 11.6 Å². The van der Waals surface area contributed by atoms with Crippen LogP contribution in [0.1, 0.15) is 24.0 Å². The van der Waals surface area contributed by atoms with Crippen LogP contribution in [-0.2, 0) is 9.59 Å². The van der Waals surface area contributed by atoms with Crippen LogP contribution in [0.5, 0.6) is 0 Å². The molecule has 0 unspecified atom stereocenters. The summed E-state index contributed by atoms with van der Waals surface area (Å²) < 4.78 is 0. The van der Waals surface area contributed by atoms with Gasteiger partial charge in [-0.1, -0.05) is 41.9 Å². The van der Waals surface area contributed by atoms with E-state index < -0.39 is 0 Å². The number of anilines is 3. The lowest BCUT2D eigenvalue weighted by Gasteiger charge is -2.20. The highest BCUT2D eigenvalue weighted by Gasteiger charge is 2.40. The second-order valence-electron chi connectivity index (χ2n) is 8.36. The Morgan fingerprint density at radius 2 is 1.48 bits per heavy atom. The number of halogens is 1. The highest BCUT2D eigenvalue weighted by atomic mass is 35.5. The molecule has 2 heterocycles. The van der Waals surface area contributed by atoms with Crippen molar-refractivity contribution in [2.75, 3.05) is 28.2 Å². The summed E-state index contributed by atoms with van der Waals surface area (Å²) in [6, 6.07) is 22.4. The van der Waals surface area contributed by atoms with Crippen molar-refractivity contribution in [3.63, 3.8) is 0 Å². The minimum absolute atomic E-state index is 0.264. The third-order valence-corrected chi connectivity index (χ3v) is 6.41. The van der Waals surface area contributed by atoms with E-state index in [9.17, 15) is 9.59 Å². The van der Waals surface area contributed by atoms with Crippen molar-refractivity contribution < 1.29 is 9.59 Å². The van der Waals surface area contributed by atoms with Crippen molar-refractivity contribution in [3.8, 4) is 0 Å². The maximum absolute atomic E-state index is 13.6. The lowest BCUT2D eigenvalue weighted by Crippen LogP contribution is -2.32. The molecule has 1 N–H and O–H groups in total. The Kier molecular flexibility index (Phi) is 5.65. The van der Waals surface area contributed by atoms with Crippen LogP contribution in [0.15, 0.2) is 78.5 Å². The van der Waals surface area contributed by atoms with E-state index in [2.05, 4.69) is 10.2 Å². The van der Waals surface area contributed by atoms with E-state index in [-0.39, 0.29) is 17.5 Å². The van der Waals surface area contributed by atoms with E-state index in [1.807, 2.05) is 73.7 Å². The molecule has 3 aromatic rings. The van der Waals surface area contributed by atoms with Gasteiger partial charge in [-0.05, 0) is 73.4 Å². The van der Waals surface area contributed by atoms with E-state index in [1.54, 1.807) is 6.07 Å². The van der Waals surface area contributed by atoms with Gasteiger partial charge in [-0.15, -0.1) is 0 Å². The molecule has 0 spiro atoms. The number of hydrogen-bond donors (Lipinski definition) is 1. The normalized spacial score (nSPS) is 16.2. The Morgan fingerprint density at radius 1 is 0.818 bits per heavy atom. The summed E-state index contributed by atoms with van der Waals surface area (Å²) in [6.45, 7) is 3.98. The number of carbonyl (C=O) groups is 2. The number of hydrogen-bond acceptors (Lipinski definition) is 4. The second kappa shape index (κ2) is 8.75. The third-order valence-electron chi connectivity index (χ3n) is 6.17. The molecule has 6 heteroatoms. The zero-order valence-electron chi connectivity index (χ0n) is 18.3. The lowest BCUT2D eigenvalue weighted by molar-refractivity contribution is -0.120. The first-order valence-electron chi connectivity index (χ1n) is 11.1. The van der Waals surface area contributed by atoms with Crippen LogP contribution in [0.25, 0.3) is 5.57 Å². The van der Waals surface area contributed by atoms with E-state index in [1.165, 1.54) is 17.7 Å². The summed E-state index contributed by atoms with van der Waals surface area (Å²) in [5.41, 5.74) is 4.61. The van der Waals surface area contributed by atoms with E-state index in [4.69, 9.17) is 11.6 Å². The Hall–Kier alpha value is -3.57. The van der Waals surface area contributed by atoms with Crippen molar-refractivity contribution in [1.82, 2.24) is 0 Å². The maximum Gasteiger partial charge on any atom is 0.282 e. The van der Waals surface area contributed by atoms with Crippen molar-refractivity contribution in [1.29, 1.82) is 0 Å². The first kappa shape index (κ1) is 21.3. The van der Waals surface area contributed by atoms with Crippen LogP contribution in [0.3, 0.4) is 0 Å². The van der Waals surface area contributed by atoms with Gasteiger partial charge >= 0.3 is 0 Å². The molecule has 3 aromatic carbocycles. The summed E-state index contributed by atoms with van der Waals surface area (Å²) in [7, 11) is 0. The van der Waals surface area contributed by atoms with Gasteiger partial charge in [0.05, 0.1) is 11.3 Å². The smallest absolute Gasteiger partial charge is 0.282 e. The molecule has 0 saturated carbocycles. The first-order valence-corrected chi connectivity index (χ1v) is 11.5. The molecule has 5 rings (SSSR count). The SMILES string of the molecule is Cc1cc(Cl)ccc1NC1=C(c2ccccc2)C(=O)N(c2ccc(N3CCCC3)cc2)C1=O. The van der Waals surface area contributed by atoms with Crippen molar-refractivity contribution in [2.45, 2.75) is 19.8 Å². The lowest BCUT2D eigenvalue weighted by atomic mass is 10.0. The van der Waals surface area contributed by atoms with E-state index >= 15 is 0 Å². The molecular formula is C27H24ClN3O2. The number of nitrogens with one attached hydrogen (secondary N) is 1. The fourth-order valence-corrected chi connectivity index (χ4v) is 4.67. The van der Waals surface area contributed by atoms with Gasteiger partial charge in [0.15, 0.2) is 0 Å². The van der Waals surface area contributed by atoms with Gasteiger partial charge in [-0.3, -0.25) is 9.59 Å². The van der Waals surface area contributed by atoms with Crippen LogP contribution < -0.4 is 15.1 Å². The molecule has 2 aliphatic heterocycles. The molecular weight excluding hydrogens is 434 g/mol. The first-order chi connectivity index (χ1) is 16.0. The van der Waals surface area contributed by atoms with Crippen molar-refractivity contribution >= 4 is 46.1 Å². The number of benzene rings is 3. The fourth-order valence-electron chi connectivity index (χ4n) is 4.44. The predicted molar refractivity (Wildman–Crippen MR) is 134 cm³/mol. The summed E-state index contributed by atoms with van der Waals surface area (Å²) in [6.07, 6.45) is 2.38. The van der Waals surface area contributed by atoms with Gasteiger partial charge in [-0.25, -0.2) is 4.90 Å². The minimum atomic E-state index is -0.373. The second-order valence-corrected chi connectivity index (χ2v) is 8.79. The average Bonchev–Trinajstić information content (AvgIpc) is 3.44. The van der Waals surface area contributed by atoms with Gasteiger partial charge in [0, 0.05) is 29.5 Å². The summed E-state index contributed by atoms with van der Waals surface area (Å²) in [4.78, 5) is 30.7. The van der Waals surface area contributed by atoms with Crippen LogP contribution in [-0.4, -0.2) is 24.9 Å². The molecule has 0 radical (unpaired) electrons. The van der Waals surface area contributed by atoms with Gasteiger partial charge in [0.1, 0.15) is 5.70 Å². The number of imide groups is 1. The van der Waals surface area contributed by atoms with Crippen LogP contribution in [0, 0.1) is 6.92 Å². The third kappa shape index (κ3) is 4.00. The zero-order valence-corrected chi connectivity index (χ0v) is 19.1. The molecule has 1 fully saturated rings.